The lowest BCUT2D eigenvalue weighted by atomic mass is 10.00. The highest BCUT2D eigenvalue weighted by atomic mass is 16.2. The van der Waals surface area contributed by atoms with E-state index in [2.05, 4.69) is 20.9 Å². The lowest BCUT2D eigenvalue weighted by Crippen LogP contribution is -2.20. The van der Waals surface area contributed by atoms with Gasteiger partial charge in [-0.1, -0.05) is 0 Å². The minimum absolute atomic E-state index is 0.0193. The van der Waals surface area contributed by atoms with Crippen molar-refractivity contribution < 1.29 is 9.59 Å². The first kappa shape index (κ1) is 14.7. The van der Waals surface area contributed by atoms with Gasteiger partial charge in [-0.05, 0) is 49.1 Å². The Kier molecular flexibility index (Phi) is 3.65. The van der Waals surface area contributed by atoms with Gasteiger partial charge in [-0.15, -0.1) is 0 Å². The van der Waals surface area contributed by atoms with E-state index < -0.39 is 0 Å². The number of anilines is 3. The molecule has 0 spiro atoms. The number of aryl methyl sites for hydroxylation is 1. The summed E-state index contributed by atoms with van der Waals surface area (Å²) in [5.41, 5.74) is 3.93. The van der Waals surface area contributed by atoms with Crippen LogP contribution in [0.15, 0.2) is 36.7 Å². The average molecular weight is 322 g/mol. The van der Waals surface area contributed by atoms with Crippen molar-refractivity contribution in [3.05, 3.63) is 47.8 Å². The van der Waals surface area contributed by atoms with Gasteiger partial charge in [0.15, 0.2) is 0 Å². The fraction of sp³-hybridized carbons (Fsp3) is 0.278. The fourth-order valence-electron chi connectivity index (χ4n) is 2.79. The molecule has 2 amide bonds. The van der Waals surface area contributed by atoms with Gasteiger partial charge in [0.25, 0.3) is 5.91 Å². The zero-order chi connectivity index (χ0) is 16.5. The minimum atomic E-state index is -0.179. The maximum absolute atomic E-state index is 12.6. The van der Waals surface area contributed by atoms with Crippen molar-refractivity contribution in [1.29, 1.82) is 0 Å². The Labute approximate surface area is 139 Å². The molecule has 0 atom stereocenters. The van der Waals surface area contributed by atoms with Crippen LogP contribution in [-0.4, -0.2) is 22.8 Å². The summed E-state index contributed by atoms with van der Waals surface area (Å²) in [6.07, 6.45) is 6.79. The lowest BCUT2D eigenvalue weighted by molar-refractivity contribution is -0.116. The predicted molar refractivity (Wildman–Crippen MR) is 92.2 cm³/mol. The van der Waals surface area contributed by atoms with E-state index in [0.29, 0.717) is 30.1 Å². The Bertz CT molecular complexity index is 814. The van der Waals surface area contributed by atoms with Crippen molar-refractivity contribution in [2.24, 2.45) is 0 Å². The molecule has 2 aliphatic rings. The smallest absolute Gasteiger partial charge is 0.255 e. The maximum atomic E-state index is 12.6. The van der Waals surface area contributed by atoms with Crippen molar-refractivity contribution in [1.82, 2.24) is 4.98 Å². The van der Waals surface area contributed by atoms with Gasteiger partial charge in [0.1, 0.15) is 0 Å². The van der Waals surface area contributed by atoms with Crippen LogP contribution >= 0.6 is 0 Å². The topological polar surface area (TPSA) is 83.1 Å². The van der Waals surface area contributed by atoms with E-state index in [0.717, 1.165) is 29.8 Å². The van der Waals surface area contributed by atoms with Crippen LogP contribution in [0.5, 0.6) is 0 Å². The van der Waals surface area contributed by atoms with Crippen molar-refractivity contribution in [3.63, 3.8) is 0 Å². The van der Waals surface area contributed by atoms with Gasteiger partial charge in [0, 0.05) is 29.9 Å². The molecule has 1 aliphatic carbocycles. The van der Waals surface area contributed by atoms with Crippen molar-refractivity contribution >= 4 is 28.9 Å². The number of amides is 2. The summed E-state index contributed by atoms with van der Waals surface area (Å²) in [5.74, 6) is -0.160. The molecular weight excluding hydrogens is 304 g/mol. The average Bonchev–Trinajstić information content (AvgIpc) is 3.40. The molecule has 6 heteroatoms. The van der Waals surface area contributed by atoms with Gasteiger partial charge in [-0.3, -0.25) is 14.6 Å². The van der Waals surface area contributed by atoms with Crippen molar-refractivity contribution in [2.45, 2.75) is 31.7 Å². The summed E-state index contributed by atoms with van der Waals surface area (Å²) in [6, 6.07) is 7.72. The van der Waals surface area contributed by atoms with Crippen LogP contribution < -0.4 is 16.0 Å². The zero-order valence-corrected chi connectivity index (χ0v) is 13.1. The van der Waals surface area contributed by atoms with E-state index in [1.54, 1.807) is 24.5 Å². The van der Waals surface area contributed by atoms with E-state index in [1.165, 1.54) is 0 Å². The number of rotatable bonds is 4. The van der Waals surface area contributed by atoms with Gasteiger partial charge >= 0.3 is 0 Å². The Balaban J connectivity index is 1.53. The Hall–Kier alpha value is -2.89. The summed E-state index contributed by atoms with van der Waals surface area (Å²) >= 11 is 0. The number of carbonyl (C=O) groups excluding carboxylic acids is 2. The number of nitrogens with one attached hydrogen (secondary N) is 3. The normalized spacial score (nSPS) is 16.1. The van der Waals surface area contributed by atoms with Gasteiger partial charge < -0.3 is 16.0 Å². The van der Waals surface area contributed by atoms with Gasteiger partial charge in [0.2, 0.25) is 5.91 Å². The molecule has 1 saturated carbocycles. The van der Waals surface area contributed by atoms with Crippen LogP contribution in [0, 0.1) is 0 Å². The van der Waals surface area contributed by atoms with Crippen LogP contribution in [0.3, 0.4) is 0 Å². The maximum Gasteiger partial charge on any atom is 0.255 e. The zero-order valence-electron chi connectivity index (χ0n) is 13.1. The molecule has 122 valence electrons. The second kappa shape index (κ2) is 5.96. The second-order valence-corrected chi connectivity index (χ2v) is 6.21. The first-order valence-electron chi connectivity index (χ1n) is 8.14. The number of hydrogen-bond acceptors (Lipinski definition) is 4. The molecule has 2 heterocycles. The third kappa shape index (κ3) is 3.08. The quantitative estimate of drug-likeness (QED) is 0.808. The summed E-state index contributed by atoms with van der Waals surface area (Å²) in [5, 5.41) is 9.14. The molecule has 1 aliphatic heterocycles. The van der Waals surface area contributed by atoms with E-state index in [4.69, 9.17) is 0 Å². The lowest BCUT2D eigenvalue weighted by Gasteiger charge is -2.17. The second-order valence-electron chi connectivity index (χ2n) is 6.21. The molecule has 2 aromatic rings. The van der Waals surface area contributed by atoms with E-state index >= 15 is 0 Å². The fourth-order valence-corrected chi connectivity index (χ4v) is 2.79. The molecule has 0 radical (unpaired) electrons. The molecule has 0 unspecified atom stereocenters. The highest BCUT2D eigenvalue weighted by Crippen LogP contribution is 2.29. The predicted octanol–water partition coefficient (Wildman–Crippen LogP) is 2.79. The summed E-state index contributed by atoms with van der Waals surface area (Å²) in [4.78, 5) is 28.1. The number of benzene rings is 1. The van der Waals surface area contributed by atoms with Gasteiger partial charge in [-0.25, -0.2) is 0 Å². The Morgan fingerprint density at radius 2 is 2.04 bits per heavy atom. The summed E-state index contributed by atoms with van der Waals surface area (Å²) in [7, 11) is 0. The van der Waals surface area contributed by atoms with Crippen LogP contribution in [0.2, 0.25) is 0 Å². The van der Waals surface area contributed by atoms with E-state index in [1.807, 2.05) is 12.1 Å². The van der Waals surface area contributed by atoms with Crippen LogP contribution in [0.1, 0.15) is 35.2 Å². The molecule has 24 heavy (non-hydrogen) atoms. The number of hydrogen-bond donors (Lipinski definition) is 3. The van der Waals surface area contributed by atoms with E-state index in [-0.39, 0.29) is 11.8 Å². The molecule has 1 aromatic carbocycles. The van der Waals surface area contributed by atoms with Gasteiger partial charge in [-0.2, -0.15) is 0 Å². The molecule has 1 fully saturated rings. The molecule has 1 aromatic heterocycles. The Morgan fingerprint density at radius 1 is 1.17 bits per heavy atom. The van der Waals surface area contributed by atoms with Crippen LogP contribution in [0.25, 0.3) is 0 Å². The number of carbonyl (C=O) groups is 2. The molecule has 3 N–H and O–H groups in total. The molecule has 4 rings (SSSR count). The monoisotopic (exact) mass is 322 g/mol. The van der Waals surface area contributed by atoms with Crippen LogP contribution in [-0.2, 0) is 11.2 Å². The van der Waals surface area contributed by atoms with Crippen molar-refractivity contribution in [3.8, 4) is 0 Å². The van der Waals surface area contributed by atoms with E-state index in [9.17, 15) is 9.59 Å². The largest absolute Gasteiger partial charge is 0.381 e. The molecular formula is C18H18N4O2. The molecule has 0 saturated heterocycles. The first-order chi connectivity index (χ1) is 11.7. The summed E-state index contributed by atoms with van der Waals surface area (Å²) < 4.78 is 0. The highest BCUT2D eigenvalue weighted by molar-refractivity contribution is 6.06. The molecule has 6 nitrogen and oxygen atoms in total. The molecule has 0 bridgehead atoms. The standard InChI is InChI=1S/C18H18N4O2/c23-17-6-2-11-9-12(1-5-14(11)21-17)18(24)22-16-10-19-8-7-15(16)20-13-3-4-13/h1,5,7-10,13H,2-4,6H2,(H,19,20)(H,21,23)(H,22,24). The number of fused-ring (bicyclic) bond motifs is 1. The van der Waals surface area contributed by atoms with Crippen LogP contribution in [0.4, 0.5) is 17.1 Å². The minimum Gasteiger partial charge on any atom is -0.381 e. The summed E-state index contributed by atoms with van der Waals surface area (Å²) in [6.45, 7) is 0. The van der Waals surface area contributed by atoms with Crippen molar-refractivity contribution in [2.75, 3.05) is 16.0 Å². The third-order valence-electron chi connectivity index (χ3n) is 4.27. The number of pyridine rings is 1. The Morgan fingerprint density at radius 3 is 2.88 bits per heavy atom. The number of aromatic nitrogens is 1. The first-order valence-corrected chi connectivity index (χ1v) is 8.14. The van der Waals surface area contributed by atoms with Gasteiger partial charge in [0.05, 0.1) is 17.6 Å². The SMILES string of the molecule is O=C1CCc2cc(C(=O)Nc3cnccc3NC3CC3)ccc2N1. The highest BCUT2D eigenvalue weighted by Gasteiger charge is 2.22. The third-order valence-corrected chi connectivity index (χ3v) is 4.27. The number of nitrogens with zero attached hydrogens (tertiary/aromatic N) is 1.